The van der Waals surface area contributed by atoms with E-state index in [-0.39, 0.29) is 11.3 Å². The summed E-state index contributed by atoms with van der Waals surface area (Å²) in [6.07, 6.45) is 0.400. The second-order valence-corrected chi connectivity index (χ2v) is 4.13. The Bertz CT molecular complexity index is 580. The lowest BCUT2D eigenvalue weighted by molar-refractivity contribution is -0.121. The van der Waals surface area contributed by atoms with Crippen LogP contribution in [0.3, 0.4) is 0 Å². The van der Waals surface area contributed by atoms with Gasteiger partial charge in [-0.3, -0.25) is 4.79 Å². The highest BCUT2D eigenvalue weighted by atomic mass is 16.5. The van der Waals surface area contributed by atoms with Crippen LogP contribution in [0.5, 0.6) is 11.5 Å². The van der Waals surface area contributed by atoms with Crippen molar-refractivity contribution in [2.75, 3.05) is 7.11 Å². The number of methoxy groups -OCH3 is 1. The van der Waals surface area contributed by atoms with Gasteiger partial charge in [0.15, 0.2) is 11.9 Å². The first kappa shape index (κ1) is 13.1. The summed E-state index contributed by atoms with van der Waals surface area (Å²) in [4.78, 5) is 11.4. The first-order valence-corrected chi connectivity index (χ1v) is 5.73. The Balaban J connectivity index is 2.62. The van der Waals surface area contributed by atoms with Crippen LogP contribution in [0.25, 0.3) is 0 Å². The van der Waals surface area contributed by atoms with Crippen LogP contribution in [0, 0.1) is 0 Å². The van der Waals surface area contributed by atoms with Gasteiger partial charge in [-0.2, -0.15) is 0 Å². The summed E-state index contributed by atoms with van der Waals surface area (Å²) in [7, 11) is 1.47. The molecule has 0 spiro atoms. The SMILES string of the molecule is COc1ccc(O)c(C(O)(C=O)c2ccccc2)c1. The summed E-state index contributed by atoms with van der Waals surface area (Å²) < 4.78 is 5.05. The monoisotopic (exact) mass is 258 g/mol. The fraction of sp³-hybridized carbons (Fsp3) is 0.133. The molecule has 0 bridgehead atoms. The maximum Gasteiger partial charge on any atom is 0.174 e. The first-order valence-electron chi connectivity index (χ1n) is 5.73. The van der Waals surface area contributed by atoms with Crippen LogP contribution >= 0.6 is 0 Å². The van der Waals surface area contributed by atoms with Crippen LogP contribution in [0.2, 0.25) is 0 Å². The topological polar surface area (TPSA) is 66.8 Å². The van der Waals surface area contributed by atoms with Crippen LogP contribution in [0.1, 0.15) is 11.1 Å². The van der Waals surface area contributed by atoms with Crippen molar-refractivity contribution in [3.05, 3.63) is 59.7 Å². The second kappa shape index (κ2) is 5.12. The third kappa shape index (κ3) is 2.30. The van der Waals surface area contributed by atoms with E-state index in [1.807, 2.05) is 0 Å². The van der Waals surface area contributed by atoms with Gasteiger partial charge >= 0.3 is 0 Å². The largest absolute Gasteiger partial charge is 0.508 e. The van der Waals surface area contributed by atoms with E-state index in [9.17, 15) is 15.0 Å². The molecule has 0 saturated carbocycles. The van der Waals surface area contributed by atoms with E-state index < -0.39 is 5.60 Å². The third-order valence-electron chi connectivity index (χ3n) is 3.00. The number of carbonyl (C=O) groups excluding carboxylic acids is 1. The Kier molecular flexibility index (Phi) is 3.53. The molecule has 98 valence electrons. The van der Waals surface area contributed by atoms with Gasteiger partial charge in [0.2, 0.25) is 0 Å². The lowest BCUT2D eigenvalue weighted by Gasteiger charge is -2.24. The number of ether oxygens (including phenoxy) is 1. The number of phenols is 1. The van der Waals surface area contributed by atoms with Crippen molar-refractivity contribution < 1.29 is 19.7 Å². The quantitative estimate of drug-likeness (QED) is 0.821. The third-order valence-corrected chi connectivity index (χ3v) is 3.00. The minimum Gasteiger partial charge on any atom is -0.508 e. The standard InChI is InChI=1S/C15H14O4/c1-19-12-7-8-14(17)13(9-12)15(18,10-16)11-5-3-2-4-6-11/h2-10,17-18H,1H3. The minimum atomic E-state index is -1.90. The van der Waals surface area contributed by atoms with Gasteiger partial charge in [-0.05, 0) is 23.8 Å². The molecule has 0 aliphatic heterocycles. The van der Waals surface area contributed by atoms with Crippen LogP contribution in [0.4, 0.5) is 0 Å². The Hall–Kier alpha value is -2.33. The fourth-order valence-corrected chi connectivity index (χ4v) is 1.93. The van der Waals surface area contributed by atoms with Crippen LogP contribution in [-0.2, 0) is 10.4 Å². The van der Waals surface area contributed by atoms with Crippen molar-refractivity contribution >= 4 is 6.29 Å². The van der Waals surface area contributed by atoms with Gasteiger partial charge in [-0.25, -0.2) is 0 Å². The summed E-state index contributed by atoms with van der Waals surface area (Å²) in [5, 5.41) is 20.5. The van der Waals surface area contributed by atoms with Gasteiger partial charge in [0, 0.05) is 5.56 Å². The molecule has 2 N–H and O–H groups in total. The summed E-state index contributed by atoms with van der Waals surface area (Å²) in [5.74, 6) is 0.281. The van der Waals surface area contributed by atoms with E-state index in [2.05, 4.69) is 0 Å². The molecule has 0 saturated heterocycles. The maximum absolute atomic E-state index is 11.4. The number of benzene rings is 2. The molecule has 2 rings (SSSR count). The van der Waals surface area contributed by atoms with Gasteiger partial charge in [0.25, 0.3) is 0 Å². The smallest absolute Gasteiger partial charge is 0.174 e. The predicted octanol–water partition coefficient (Wildman–Crippen LogP) is 1.84. The number of phenolic OH excluding ortho intramolecular Hbond substituents is 1. The van der Waals surface area contributed by atoms with Crippen molar-refractivity contribution in [3.63, 3.8) is 0 Å². The Morgan fingerprint density at radius 1 is 1.16 bits per heavy atom. The number of hydrogen-bond donors (Lipinski definition) is 2. The average molecular weight is 258 g/mol. The normalized spacial score (nSPS) is 13.6. The molecule has 19 heavy (non-hydrogen) atoms. The Morgan fingerprint density at radius 3 is 2.42 bits per heavy atom. The molecule has 0 heterocycles. The average Bonchev–Trinajstić information content (AvgIpc) is 2.48. The molecule has 2 aromatic carbocycles. The highest BCUT2D eigenvalue weighted by molar-refractivity contribution is 5.74. The highest BCUT2D eigenvalue weighted by Crippen LogP contribution is 2.35. The zero-order chi connectivity index (χ0) is 13.9. The van der Waals surface area contributed by atoms with Crippen molar-refractivity contribution in [2.24, 2.45) is 0 Å². The minimum absolute atomic E-state index is 0.0908. The Labute approximate surface area is 110 Å². The summed E-state index contributed by atoms with van der Waals surface area (Å²) >= 11 is 0. The molecule has 0 aromatic heterocycles. The molecule has 2 aromatic rings. The van der Waals surface area contributed by atoms with E-state index in [1.54, 1.807) is 36.4 Å². The highest BCUT2D eigenvalue weighted by Gasteiger charge is 2.34. The van der Waals surface area contributed by atoms with Crippen LogP contribution in [0.15, 0.2) is 48.5 Å². The predicted molar refractivity (Wildman–Crippen MR) is 70.2 cm³/mol. The first-order chi connectivity index (χ1) is 9.11. The van der Waals surface area contributed by atoms with E-state index in [0.29, 0.717) is 17.6 Å². The van der Waals surface area contributed by atoms with E-state index in [0.717, 1.165) is 0 Å². The van der Waals surface area contributed by atoms with Gasteiger partial charge in [0.05, 0.1) is 7.11 Å². The summed E-state index contributed by atoms with van der Waals surface area (Å²) in [5.41, 5.74) is -1.43. The summed E-state index contributed by atoms with van der Waals surface area (Å²) in [6.45, 7) is 0. The summed E-state index contributed by atoms with van der Waals surface area (Å²) in [6, 6.07) is 12.8. The molecule has 0 radical (unpaired) electrons. The lowest BCUT2D eigenvalue weighted by Crippen LogP contribution is -2.29. The van der Waals surface area contributed by atoms with Crippen molar-refractivity contribution in [2.45, 2.75) is 5.60 Å². The number of aldehydes is 1. The molecular formula is C15H14O4. The molecule has 0 fully saturated rings. The van der Waals surface area contributed by atoms with Crippen LogP contribution < -0.4 is 4.74 Å². The number of carbonyl (C=O) groups is 1. The number of hydrogen-bond acceptors (Lipinski definition) is 4. The fourth-order valence-electron chi connectivity index (χ4n) is 1.93. The van der Waals surface area contributed by atoms with Crippen molar-refractivity contribution in [1.82, 2.24) is 0 Å². The van der Waals surface area contributed by atoms with Gasteiger partial charge in [-0.15, -0.1) is 0 Å². The molecule has 0 amide bonds. The zero-order valence-corrected chi connectivity index (χ0v) is 10.4. The molecular weight excluding hydrogens is 244 g/mol. The van der Waals surface area contributed by atoms with Crippen LogP contribution in [-0.4, -0.2) is 23.6 Å². The van der Waals surface area contributed by atoms with E-state index in [1.165, 1.54) is 19.2 Å². The molecule has 1 atom stereocenters. The number of aliphatic hydroxyl groups is 1. The molecule has 4 nitrogen and oxygen atoms in total. The second-order valence-electron chi connectivity index (χ2n) is 4.13. The zero-order valence-electron chi connectivity index (χ0n) is 10.4. The van der Waals surface area contributed by atoms with E-state index >= 15 is 0 Å². The van der Waals surface area contributed by atoms with Crippen molar-refractivity contribution in [1.29, 1.82) is 0 Å². The number of rotatable bonds is 4. The van der Waals surface area contributed by atoms with Gasteiger partial charge in [-0.1, -0.05) is 30.3 Å². The van der Waals surface area contributed by atoms with Crippen molar-refractivity contribution in [3.8, 4) is 11.5 Å². The molecule has 1 unspecified atom stereocenters. The molecule has 0 aliphatic rings. The van der Waals surface area contributed by atoms with E-state index in [4.69, 9.17) is 4.74 Å². The molecule has 0 aliphatic carbocycles. The Morgan fingerprint density at radius 2 is 1.84 bits per heavy atom. The van der Waals surface area contributed by atoms with Gasteiger partial charge < -0.3 is 14.9 Å². The van der Waals surface area contributed by atoms with Gasteiger partial charge in [0.1, 0.15) is 11.5 Å². The maximum atomic E-state index is 11.4. The number of aromatic hydroxyl groups is 1. The lowest BCUT2D eigenvalue weighted by atomic mass is 9.87. The molecule has 4 heteroatoms.